The van der Waals surface area contributed by atoms with Crippen LogP contribution in [0, 0.1) is 25.2 Å². The highest BCUT2D eigenvalue weighted by Gasteiger charge is 2.37. The van der Waals surface area contributed by atoms with Crippen LogP contribution >= 0.6 is 0 Å². The van der Waals surface area contributed by atoms with Gasteiger partial charge in [-0.05, 0) is 51.0 Å². The Morgan fingerprint density at radius 2 is 1.95 bits per heavy atom. The maximum absolute atomic E-state index is 7.90. The first-order valence-electron chi connectivity index (χ1n) is 7.54. The lowest BCUT2D eigenvalue weighted by Crippen LogP contribution is -2.44. The molecule has 0 aromatic carbocycles. The van der Waals surface area contributed by atoms with E-state index in [1.165, 1.54) is 32.1 Å². The number of aromatic nitrogens is 2. The Hall–Kier alpha value is -1.65. The fourth-order valence-corrected chi connectivity index (χ4v) is 3.84. The third kappa shape index (κ3) is 2.05. The highest BCUT2D eigenvalue weighted by atomic mass is 15.3. The van der Waals surface area contributed by atoms with Crippen molar-refractivity contribution < 1.29 is 0 Å². The van der Waals surface area contributed by atoms with Crippen LogP contribution in [0.3, 0.4) is 0 Å². The lowest BCUT2D eigenvalue weighted by Gasteiger charge is -2.39. The predicted molar refractivity (Wildman–Crippen MR) is 80.2 cm³/mol. The van der Waals surface area contributed by atoms with Crippen LogP contribution in [0.4, 0.5) is 5.82 Å². The van der Waals surface area contributed by atoms with Crippen molar-refractivity contribution in [3.63, 3.8) is 0 Å². The third-order valence-corrected chi connectivity index (χ3v) is 4.97. The van der Waals surface area contributed by atoms with Crippen molar-refractivity contribution in [1.29, 1.82) is 5.41 Å². The molecule has 2 aliphatic rings. The van der Waals surface area contributed by atoms with Crippen LogP contribution in [-0.4, -0.2) is 28.6 Å². The highest BCUT2D eigenvalue weighted by Crippen LogP contribution is 2.39. The number of fused-ring (bicyclic) bond motifs is 1. The average molecular weight is 273 g/mol. The first-order valence-corrected chi connectivity index (χ1v) is 7.54. The molecule has 1 saturated heterocycles. The molecular weight excluding hydrogens is 250 g/mol. The number of amidine groups is 1. The van der Waals surface area contributed by atoms with E-state index < -0.39 is 0 Å². The minimum absolute atomic E-state index is 0.107. The van der Waals surface area contributed by atoms with E-state index in [9.17, 15) is 0 Å². The average Bonchev–Trinajstić information content (AvgIpc) is 2.89. The molecule has 1 aliphatic carbocycles. The normalized spacial score (nSPS) is 25.6. The number of anilines is 1. The smallest absolute Gasteiger partial charge is 0.162 e. The molecule has 1 saturated carbocycles. The van der Waals surface area contributed by atoms with Crippen LogP contribution in [0.2, 0.25) is 0 Å². The highest BCUT2D eigenvalue weighted by molar-refractivity contribution is 6.01. The largest absolute Gasteiger partial charge is 0.384 e. The summed E-state index contributed by atoms with van der Waals surface area (Å²) >= 11 is 0. The Balaban J connectivity index is 2.05. The summed E-state index contributed by atoms with van der Waals surface area (Å²) in [6.45, 7) is 4.92. The topological polar surface area (TPSA) is 78.9 Å². The molecule has 5 heteroatoms. The number of nitrogens with zero attached hydrogens (tertiary/aromatic N) is 3. The summed E-state index contributed by atoms with van der Waals surface area (Å²) in [7, 11) is 0. The SMILES string of the molecule is Cc1nnc(N2CCCC3CCCC32)c(C(=N)N)c1C. The van der Waals surface area contributed by atoms with E-state index in [4.69, 9.17) is 11.1 Å². The fraction of sp³-hybridized carbons (Fsp3) is 0.667. The van der Waals surface area contributed by atoms with Crippen molar-refractivity contribution in [3.05, 3.63) is 16.8 Å². The molecule has 1 aliphatic heterocycles. The van der Waals surface area contributed by atoms with Gasteiger partial charge < -0.3 is 10.6 Å². The summed E-state index contributed by atoms with van der Waals surface area (Å²) in [6.07, 6.45) is 6.40. The van der Waals surface area contributed by atoms with Gasteiger partial charge in [-0.15, -0.1) is 5.10 Å². The second-order valence-electron chi connectivity index (χ2n) is 6.12. The molecule has 0 bridgehead atoms. The van der Waals surface area contributed by atoms with Gasteiger partial charge in [0.25, 0.3) is 0 Å². The van der Waals surface area contributed by atoms with E-state index in [0.717, 1.165) is 35.1 Å². The van der Waals surface area contributed by atoms with Gasteiger partial charge in [0.2, 0.25) is 0 Å². The van der Waals surface area contributed by atoms with Gasteiger partial charge in [0.15, 0.2) is 5.82 Å². The van der Waals surface area contributed by atoms with E-state index in [1.54, 1.807) is 0 Å². The summed E-state index contributed by atoms with van der Waals surface area (Å²) in [4.78, 5) is 2.37. The monoisotopic (exact) mass is 273 g/mol. The van der Waals surface area contributed by atoms with E-state index in [-0.39, 0.29) is 5.84 Å². The minimum atomic E-state index is 0.107. The van der Waals surface area contributed by atoms with Crippen molar-refractivity contribution in [2.45, 2.75) is 52.0 Å². The number of aryl methyl sites for hydroxylation is 1. The van der Waals surface area contributed by atoms with E-state index >= 15 is 0 Å². The Labute approximate surface area is 120 Å². The van der Waals surface area contributed by atoms with Gasteiger partial charge in [-0.2, -0.15) is 5.10 Å². The van der Waals surface area contributed by atoms with Crippen molar-refractivity contribution >= 4 is 11.7 Å². The summed E-state index contributed by atoms with van der Waals surface area (Å²) in [5.74, 6) is 1.72. The molecular formula is C15H23N5. The van der Waals surface area contributed by atoms with Gasteiger partial charge in [-0.25, -0.2) is 0 Å². The number of hydrogen-bond acceptors (Lipinski definition) is 4. The number of nitrogens with two attached hydrogens (primary N) is 1. The van der Waals surface area contributed by atoms with Crippen LogP contribution in [0.1, 0.15) is 48.9 Å². The van der Waals surface area contributed by atoms with Gasteiger partial charge >= 0.3 is 0 Å². The Kier molecular flexibility index (Phi) is 3.36. The second kappa shape index (κ2) is 5.04. The van der Waals surface area contributed by atoms with Crippen molar-refractivity contribution in [2.24, 2.45) is 11.7 Å². The number of nitrogen functional groups attached to an aromatic ring is 1. The van der Waals surface area contributed by atoms with Gasteiger partial charge in [0, 0.05) is 12.6 Å². The van der Waals surface area contributed by atoms with Crippen LogP contribution < -0.4 is 10.6 Å². The zero-order valence-electron chi connectivity index (χ0n) is 12.3. The zero-order valence-corrected chi connectivity index (χ0v) is 12.3. The van der Waals surface area contributed by atoms with Crippen LogP contribution in [0.25, 0.3) is 0 Å². The summed E-state index contributed by atoms with van der Waals surface area (Å²) in [6, 6.07) is 0.568. The molecule has 0 spiro atoms. The second-order valence-corrected chi connectivity index (χ2v) is 6.12. The summed E-state index contributed by atoms with van der Waals surface area (Å²) < 4.78 is 0. The minimum Gasteiger partial charge on any atom is -0.384 e. The summed E-state index contributed by atoms with van der Waals surface area (Å²) in [5, 5.41) is 16.6. The number of nitrogens with one attached hydrogen (secondary N) is 1. The molecule has 1 aromatic rings. The van der Waals surface area contributed by atoms with Gasteiger partial charge in [-0.3, -0.25) is 5.41 Å². The van der Waals surface area contributed by atoms with Crippen LogP contribution in [0.15, 0.2) is 0 Å². The number of hydrogen-bond donors (Lipinski definition) is 2. The molecule has 0 amide bonds. The number of rotatable bonds is 2. The van der Waals surface area contributed by atoms with Crippen LogP contribution in [-0.2, 0) is 0 Å². The number of piperidine rings is 1. The molecule has 2 fully saturated rings. The standard InChI is InChI=1S/C15H23N5/c1-9-10(2)18-19-15(13(9)14(16)17)20-8-4-6-11-5-3-7-12(11)20/h11-12H,3-8H2,1-2H3,(H3,16,17). The van der Waals surface area contributed by atoms with E-state index in [1.807, 2.05) is 13.8 Å². The molecule has 2 unspecified atom stereocenters. The quantitative estimate of drug-likeness (QED) is 0.639. The Bertz CT molecular complexity index is 539. The molecule has 2 atom stereocenters. The first-order chi connectivity index (χ1) is 9.59. The van der Waals surface area contributed by atoms with Gasteiger partial charge in [0.1, 0.15) is 5.84 Å². The lowest BCUT2D eigenvalue weighted by molar-refractivity contribution is 0.359. The molecule has 2 heterocycles. The summed E-state index contributed by atoms with van der Waals surface area (Å²) in [5.41, 5.74) is 8.45. The predicted octanol–water partition coefficient (Wildman–Crippen LogP) is 2.15. The molecule has 3 N–H and O–H groups in total. The molecule has 5 nitrogen and oxygen atoms in total. The van der Waals surface area contributed by atoms with Gasteiger partial charge in [-0.1, -0.05) is 6.42 Å². The molecule has 3 rings (SSSR count). The maximum Gasteiger partial charge on any atom is 0.162 e. The maximum atomic E-state index is 7.90. The van der Waals surface area contributed by atoms with E-state index in [0.29, 0.717) is 6.04 Å². The zero-order chi connectivity index (χ0) is 14.3. The fourth-order valence-electron chi connectivity index (χ4n) is 3.84. The molecule has 1 aromatic heterocycles. The van der Waals surface area contributed by atoms with Crippen molar-refractivity contribution in [3.8, 4) is 0 Å². The molecule has 0 radical (unpaired) electrons. The van der Waals surface area contributed by atoms with Crippen molar-refractivity contribution in [1.82, 2.24) is 10.2 Å². The van der Waals surface area contributed by atoms with Crippen LogP contribution in [0.5, 0.6) is 0 Å². The van der Waals surface area contributed by atoms with E-state index in [2.05, 4.69) is 15.1 Å². The molecule has 20 heavy (non-hydrogen) atoms. The lowest BCUT2D eigenvalue weighted by atomic mass is 9.91. The van der Waals surface area contributed by atoms with Crippen molar-refractivity contribution in [2.75, 3.05) is 11.4 Å². The van der Waals surface area contributed by atoms with Gasteiger partial charge in [0.05, 0.1) is 11.3 Å². The molecule has 108 valence electrons. The Morgan fingerprint density at radius 3 is 2.70 bits per heavy atom. The third-order valence-electron chi connectivity index (χ3n) is 4.97. The Morgan fingerprint density at radius 1 is 1.20 bits per heavy atom. The first kappa shape index (κ1) is 13.3.